The van der Waals surface area contributed by atoms with E-state index in [0.29, 0.717) is 5.92 Å². The van der Waals surface area contributed by atoms with Crippen LogP contribution in [0, 0.1) is 6.92 Å². The lowest BCUT2D eigenvalue weighted by atomic mass is 9.98. The number of rotatable bonds is 5. The Labute approximate surface area is 171 Å². The summed E-state index contributed by atoms with van der Waals surface area (Å²) in [6.07, 6.45) is 5.21. The van der Waals surface area contributed by atoms with Crippen molar-refractivity contribution in [2.24, 2.45) is 0 Å². The lowest BCUT2D eigenvalue weighted by Crippen LogP contribution is -2.47. The highest BCUT2D eigenvalue weighted by Crippen LogP contribution is 2.30. The molecule has 7 nitrogen and oxygen atoms in total. The van der Waals surface area contributed by atoms with Crippen molar-refractivity contribution in [3.63, 3.8) is 0 Å². The first-order valence-corrected chi connectivity index (χ1v) is 10.1. The number of nitrogens with one attached hydrogen (secondary N) is 1. The Morgan fingerprint density at radius 3 is 2.34 bits per heavy atom. The third-order valence-corrected chi connectivity index (χ3v) is 5.27. The van der Waals surface area contributed by atoms with Crippen LogP contribution in [0.4, 0.5) is 23.3 Å². The van der Waals surface area contributed by atoms with Crippen LogP contribution in [0.1, 0.15) is 30.9 Å². The Balaban J connectivity index is 1.48. The third-order valence-electron chi connectivity index (χ3n) is 5.27. The summed E-state index contributed by atoms with van der Waals surface area (Å²) in [5.74, 6) is 2.99. The van der Waals surface area contributed by atoms with Crippen LogP contribution in [-0.2, 0) is 0 Å². The van der Waals surface area contributed by atoms with Crippen LogP contribution in [0.3, 0.4) is 0 Å². The van der Waals surface area contributed by atoms with Crippen molar-refractivity contribution in [3.8, 4) is 0 Å². The van der Waals surface area contributed by atoms with E-state index in [4.69, 9.17) is 0 Å². The van der Waals surface area contributed by atoms with Crippen LogP contribution in [0.15, 0.2) is 49.1 Å². The molecule has 0 aliphatic carbocycles. The fourth-order valence-electron chi connectivity index (χ4n) is 3.65. The minimum atomic E-state index is 0.437. The molecule has 1 saturated heterocycles. The Hall–Kier alpha value is -3.22. The number of hydrogen-bond donors (Lipinski definition) is 1. The highest BCUT2D eigenvalue weighted by molar-refractivity contribution is 5.67. The molecule has 150 valence electrons. The Morgan fingerprint density at radius 2 is 1.62 bits per heavy atom. The summed E-state index contributed by atoms with van der Waals surface area (Å²) in [4.78, 5) is 22.2. The van der Waals surface area contributed by atoms with Gasteiger partial charge in [-0.15, -0.1) is 0 Å². The molecule has 0 amide bonds. The number of aryl methyl sites for hydroxylation is 1. The van der Waals surface area contributed by atoms with E-state index in [9.17, 15) is 0 Å². The van der Waals surface area contributed by atoms with E-state index in [-0.39, 0.29) is 0 Å². The predicted molar refractivity (Wildman–Crippen MR) is 117 cm³/mol. The van der Waals surface area contributed by atoms with E-state index in [1.165, 1.54) is 11.1 Å². The van der Waals surface area contributed by atoms with Gasteiger partial charge in [-0.25, -0.2) is 19.9 Å². The van der Waals surface area contributed by atoms with Crippen molar-refractivity contribution < 1.29 is 0 Å². The number of hydrogen-bond acceptors (Lipinski definition) is 7. The molecular formula is C22H27N7. The molecule has 0 radical (unpaired) electrons. The van der Waals surface area contributed by atoms with Crippen molar-refractivity contribution in [1.29, 1.82) is 0 Å². The minimum absolute atomic E-state index is 0.437. The maximum atomic E-state index is 4.51. The summed E-state index contributed by atoms with van der Waals surface area (Å²) in [5, 5.41) is 3.53. The molecule has 0 bridgehead atoms. The van der Waals surface area contributed by atoms with Crippen LogP contribution < -0.4 is 15.1 Å². The average Bonchev–Trinajstić information content (AvgIpc) is 2.76. The molecule has 7 heteroatoms. The van der Waals surface area contributed by atoms with Gasteiger partial charge in [0, 0.05) is 50.3 Å². The summed E-state index contributed by atoms with van der Waals surface area (Å²) in [6.45, 7) is 10.0. The quantitative estimate of drug-likeness (QED) is 0.712. The summed E-state index contributed by atoms with van der Waals surface area (Å²) in [6, 6.07) is 10.3. The first kappa shape index (κ1) is 19.1. The van der Waals surface area contributed by atoms with Gasteiger partial charge in [-0.05, 0) is 30.0 Å². The molecule has 4 rings (SSSR count). The molecule has 1 fully saturated rings. The number of para-hydroxylation sites is 1. The molecule has 1 N–H and O–H groups in total. The van der Waals surface area contributed by atoms with Gasteiger partial charge >= 0.3 is 0 Å². The van der Waals surface area contributed by atoms with Crippen LogP contribution in [0.2, 0.25) is 0 Å². The van der Waals surface area contributed by atoms with Crippen molar-refractivity contribution >= 4 is 23.3 Å². The zero-order valence-corrected chi connectivity index (χ0v) is 17.2. The Morgan fingerprint density at radius 1 is 0.897 bits per heavy atom. The minimum Gasteiger partial charge on any atom is -0.353 e. The SMILES string of the molecule is Cc1cccc(C(C)C)c1Nc1cc(N2CCN(c3ncccn3)CC2)ncn1. The van der Waals surface area contributed by atoms with Crippen molar-refractivity contribution in [2.45, 2.75) is 26.7 Å². The lowest BCUT2D eigenvalue weighted by molar-refractivity contribution is 0.634. The van der Waals surface area contributed by atoms with Crippen LogP contribution in [-0.4, -0.2) is 46.1 Å². The third kappa shape index (κ3) is 4.29. The number of aromatic nitrogens is 4. The molecule has 0 spiro atoms. The summed E-state index contributed by atoms with van der Waals surface area (Å²) < 4.78 is 0. The molecule has 1 aliphatic rings. The topological polar surface area (TPSA) is 70.1 Å². The Bertz CT molecular complexity index is 950. The lowest BCUT2D eigenvalue weighted by Gasteiger charge is -2.35. The van der Waals surface area contributed by atoms with Crippen molar-refractivity contribution in [2.75, 3.05) is 41.3 Å². The standard InChI is InChI=1S/C22H27N7/c1-16(2)18-7-4-6-17(3)21(18)27-19-14-20(26-15-25-19)28-10-12-29(13-11-28)22-23-8-5-9-24-22/h4-9,14-16H,10-13H2,1-3H3,(H,25,26,27). The molecule has 0 saturated carbocycles. The van der Waals surface area contributed by atoms with Crippen LogP contribution in [0.5, 0.6) is 0 Å². The van der Waals surface area contributed by atoms with Gasteiger partial charge in [0.15, 0.2) is 0 Å². The largest absolute Gasteiger partial charge is 0.353 e. The molecule has 3 aromatic rings. The monoisotopic (exact) mass is 389 g/mol. The fraction of sp³-hybridized carbons (Fsp3) is 0.364. The van der Waals surface area contributed by atoms with Gasteiger partial charge in [-0.1, -0.05) is 32.0 Å². The fourth-order valence-corrected chi connectivity index (χ4v) is 3.65. The number of benzene rings is 1. The first-order chi connectivity index (χ1) is 14.1. The summed E-state index contributed by atoms with van der Waals surface area (Å²) in [5.41, 5.74) is 3.65. The number of nitrogens with zero attached hydrogens (tertiary/aromatic N) is 6. The van der Waals surface area contributed by atoms with Gasteiger partial charge < -0.3 is 15.1 Å². The van der Waals surface area contributed by atoms with Gasteiger partial charge in [-0.3, -0.25) is 0 Å². The molecule has 1 aromatic carbocycles. The second-order valence-electron chi connectivity index (χ2n) is 7.60. The van der Waals surface area contributed by atoms with E-state index < -0.39 is 0 Å². The predicted octanol–water partition coefficient (Wildman–Crippen LogP) is 3.77. The molecule has 29 heavy (non-hydrogen) atoms. The van der Waals surface area contributed by atoms with Gasteiger partial charge in [0.25, 0.3) is 0 Å². The van der Waals surface area contributed by atoms with E-state index >= 15 is 0 Å². The molecule has 0 atom stereocenters. The van der Waals surface area contributed by atoms with Crippen molar-refractivity contribution in [1.82, 2.24) is 19.9 Å². The maximum Gasteiger partial charge on any atom is 0.225 e. The summed E-state index contributed by atoms with van der Waals surface area (Å²) in [7, 11) is 0. The second-order valence-corrected chi connectivity index (χ2v) is 7.60. The summed E-state index contributed by atoms with van der Waals surface area (Å²) >= 11 is 0. The highest BCUT2D eigenvalue weighted by atomic mass is 15.3. The van der Waals surface area contributed by atoms with Gasteiger partial charge in [-0.2, -0.15) is 0 Å². The molecule has 2 aromatic heterocycles. The van der Waals surface area contributed by atoms with Gasteiger partial charge in [0.2, 0.25) is 5.95 Å². The smallest absolute Gasteiger partial charge is 0.225 e. The number of anilines is 4. The molecule has 3 heterocycles. The van der Waals surface area contributed by atoms with E-state index in [2.05, 4.69) is 74.0 Å². The molecular weight excluding hydrogens is 362 g/mol. The Kier molecular flexibility index (Phi) is 5.55. The maximum absolute atomic E-state index is 4.51. The average molecular weight is 390 g/mol. The molecule has 0 unspecified atom stereocenters. The zero-order chi connectivity index (χ0) is 20.2. The number of piperazine rings is 1. The second kappa shape index (κ2) is 8.43. The van der Waals surface area contributed by atoms with E-state index in [1.54, 1.807) is 18.7 Å². The van der Waals surface area contributed by atoms with E-state index in [1.807, 2.05) is 12.1 Å². The van der Waals surface area contributed by atoms with Gasteiger partial charge in [0.1, 0.15) is 18.0 Å². The normalized spacial score (nSPS) is 14.3. The van der Waals surface area contributed by atoms with Crippen molar-refractivity contribution in [3.05, 3.63) is 60.2 Å². The van der Waals surface area contributed by atoms with Gasteiger partial charge in [0.05, 0.1) is 0 Å². The zero-order valence-electron chi connectivity index (χ0n) is 17.2. The van der Waals surface area contributed by atoms with E-state index in [0.717, 1.165) is 49.5 Å². The molecule has 1 aliphatic heterocycles. The van der Waals surface area contributed by atoms with Crippen LogP contribution >= 0.6 is 0 Å². The first-order valence-electron chi connectivity index (χ1n) is 10.1. The highest BCUT2D eigenvalue weighted by Gasteiger charge is 2.20. The van der Waals surface area contributed by atoms with Crippen LogP contribution in [0.25, 0.3) is 0 Å².